The molecular weight excluding hydrogens is 334 g/mol. The van der Waals surface area contributed by atoms with Gasteiger partial charge in [-0.05, 0) is 60.4 Å². The first-order chi connectivity index (χ1) is 13.1. The molecule has 3 nitrogen and oxygen atoms in total. The van der Waals surface area contributed by atoms with E-state index in [1.54, 1.807) is 0 Å². The average Bonchev–Trinajstić information content (AvgIpc) is 3.11. The van der Waals surface area contributed by atoms with Crippen molar-refractivity contribution in [3.05, 3.63) is 83.4 Å². The number of nitrogens with zero attached hydrogens (tertiary/aromatic N) is 1. The van der Waals surface area contributed by atoms with Crippen LogP contribution in [0, 0.1) is 6.92 Å². The SMILES string of the molecule is Cc1ccc(COc2ccc(-c3nc4cc(C(C)C)ccc4o3)cc2)cc1. The van der Waals surface area contributed by atoms with Gasteiger partial charge in [0.05, 0.1) is 0 Å². The highest BCUT2D eigenvalue weighted by atomic mass is 16.5. The summed E-state index contributed by atoms with van der Waals surface area (Å²) in [5.74, 6) is 1.94. The summed E-state index contributed by atoms with van der Waals surface area (Å²) in [7, 11) is 0. The Bertz CT molecular complexity index is 1040. The van der Waals surface area contributed by atoms with E-state index in [2.05, 4.69) is 62.2 Å². The lowest BCUT2D eigenvalue weighted by molar-refractivity contribution is 0.306. The summed E-state index contributed by atoms with van der Waals surface area (Å²) in [6.07, 6.45) is 0. The number of rotatable bonds is 5. The highest BCUT2D eigenvalue weighted by Gasteiger charge is 2.10. The normalized spacial score (nSPS) is 11.3. The van der Waals surface area contributed by atoms with Crippen molar-refractivity contribution in [3.63, 3.8) is 0 Å². The fourth-order valence-corrected chi connectivity index (χ4v) is 2.97. The highest BCUT2D eigenvalue weighted by Crippen LogP contribution is 2.28. The van der Waals surface area contributed by atoms with Gasteiger partial charge in [0, 0.05) is 5.56 Å². The molecule has 3 heteroatoms. The lowest BCUT2D eigenvalue weighted by atomic mass is 10.0. The lowest BCUT2D eigenvalue weighted by Gasteiger charge is -2.07. The van der Waals surface area contributed by atoms with Crippen molar-refractivity contribution >= 4 is 11.1 Å². The molecule has 0 radical (unpaired) electrons. The molecule has 0 amide bonds. The van der Waals surface area contributed by atoms with Crippen molar-refractivity contribution in [2.75, 3.05) is 0 Å². The quantitative estimate of drug-likeness (QED) is 0.408. The van der Waals surface area contributed by atoms with Gasteiger partial charge in [0.15, 0.2) is 5.58 Å². The first-order valence-electron chi connectivity index (χ1n) is 9.28. The Morgan fingerprint density at radius 2 is 1.67 bits per heavy atom. The van der Waals surface area contributed by atoms with Gasteiger partial charge in [-0.15, -0.1) is 0 Å². The summed E-state index contributed by atoms with van der Waals surface area (Å²) < 4.78 is 11.8. The Balaban J connectivity index is 1.49. The van der Waals surface area contributed by atoms with Gasteiger partial charge in [-0.25, -0.2) is 4.98 Å². The Hall–Kier alpha value is -3.07. The fraction of sp³-hybridized carbons (Fsp3) is 0.208. The summed E-state index contributed by atoms with van der Waals surface area (Å²) in [6, 6.07) is 22.5. The lowest BCUT2D eigenvalue weighted by Crippen LogP contribution is -1.95. The molecule has 0 aliphatic rings. The van der Waals surface area contributed by atoms with E-state index >= 15 is 0 Å². The number of aryl methyl sites for hydroxylation is 1. The van der Waals surface area contributed by atoms with Gasteiger partial charge in [-0.3, -0.25) is 0 Å². The van der Waals surface area contributed by atoms with E-state index in [4.69, 9.17) is 9.15 Å². The summed E-state index contributed by atoms with van der Waals surface area (Å²) in [5, 5.41) is 0. The van der Waals surface area contributed by atoms with Crippen molar-refractivity contribution in [3.8, 4) is 17.2 Å². The van der Waals surface area contributed by atoms with Gasteiger partial charge in [0.1, 0.15) is 17.9 Å². The van der Waals surface area contributed by atoms with Crippen molar-refractivity contribution in [1.82, 2.24) is 4.98 Å². The standard InChI is InChI=1S/C24H23NO2/c1-16(2)20-10-13-23-22(14-20)25-24(27-23)19-8-11-21(12-9-19)26-15-18-6-4-17(3)5-7-18/h4-14,16H,15H2,1-3H3. The number of hydrogen-bond donors (Lipinski definition) is 0. The minimum atomic E-state index is 0.472. The Labute approximate surface area is 159 Å². The van der Waals surface area contributed by atoms with Gasteiger partial charge in [-0.2, -0.15) is 0 Å². The average molecular weight is 357 g/mol. The molecule has 0 N–H and O–H groups in total. The number of fused-ring (bicyclic) bond motifs is 1. The molecule has 0 aliphatic carbocycles. The van der Waals surface area contributed by atoms with Crippen molar-refractivity contribution in [1.29, 1.82) is 0 Å². The summed E-state index contributed by atoms with van der Waals surface area (Å²) in [5.41, 5.74) is 6.33. The second-order valence-corrected chi connectivity index (χ2v) is 7.20. The third-order valence-corrected chi connectivity index (χ3v) is 4.71. The van der Waals surface area contributed by atoms with Gasteiger partial charge in [0.25, 0.3) is 0 Å². The summed E-state index contributed by atoms with van der Waals surface area (Å²) in [6.45, 7) is 6.99. The first kappa shape index (κ1) is 17.3. The maximum absolute atomic E-state index is 5.92. The largest absolute Gasteiger partial charge is 0.489 e. The molecule has 4 rings (SSSR count). The van der Waals surface area contributed by atoms with E-state index in [-0.39, 0.29) is 0 Å². The van der Waals surface area contributed by atoms with E-state index in [0.29, 0.717) is 18.4 Å². The molecule has 0 unspecified atom stereocenters. The summed E-state index contributed by atoms with van der Waals surface area (Å²) in [4.78, 5) is 4.65. The molecule has 0 saturated carbocycles. The van der Waals surface area contributed by atoms with Crippen molar-refractivity contribution < 1.29 is 9.15 Å². The van der Waals surface area contributed by atoms with E-state index in [1.807, 2.05) is 30.3 Å². The van der Waals surface area contributed by atoms with E-state index in [9.17, 15) is 0 Å². The van der Waals surface area contributed by atoms with Gasteiger partial charge < -0.3 is 9.15 Å². The first-order valence-corrected chi connectivity index (χ1v) is 9.28. The van der Waals surface area contributed by atoms with Crippen LogP contribution in [0.4, 0.5) is 0 Å². The van der Waals surface area contributed by atoms with Crippen LogP contribution in [-0.2, 0) is 6.61 Å². The number of hydrogen-bond acceptors (Lipinski definition) is 3. The topological polar surface area (TPSA) is 35.3 Å². The van der Waals surface area contributed by atoms with E-state index in [1.165, 1.54) is 11.1 Å². The maximum atomic E-state index is 5.92. The van der Waals surface area contributed by atoms with Crippen LogP contribution in [0.25, 0.3) is 22.6 Å². The second-order valence-electron chi connectivity index (χ2n) is 7.20. The molecule has 0 aliphatic heterocycles. The van der Waals surface area contributed by atoms with E-state index in [0.717, 1.165) is 28.0 Å². The molecule has 0 spiro atoms. The highest BCUT2D eigenvalue weighted by molar-refractivity contribution is 5.77. The molecule has 1 heterocycles. The number of aromatic nitrogens is 1. The third kappa shape index (κ3) is 3.87. The Kier molecular flexibility index (Phi) is 4.68. The second kappa shape index (κ2) is 7.28. The fourth-order valence-electron chi connectivity index (χ4n) is 2.97. The van der Waals surface area contributed by atoms with Crippen LogP contribution in [0.3, 0.4) is 0 Å². The van der Waals surface area contributed by atoms with Gasteiger partial charge in [0.2, 0.25) is 5.89 Å². The smallest absolute Gasteiger partial charge is 0.227 e. The summed E-state index contributed by atoms with van der Waals surface area (Å²) >= 11 is 0. The predicted octanol–water partition coefficient (Wildman–Crippen LogP) is 6.51. The Morgan fingerprint density at radius 1 is 0.926 bits per heavy atom. The monoisotopic (exact) mass is 357 g/mol. The number of oxazole rings is 1. The molecule has 0 fully saturated rings. The van der Waals surface area contributed by atoms with Crippen LogP contribution in [-0.4, -0.2) is 4.98 Å². The maximum Gasteiger partial charge on any atom is 0.227 e. The van der Waals surface area contributed by atoms with Crippen LogP contribution in [0.5, 0.6) is 5.75 Å². The number of ether oxygens (including phenoxy) is 1. The molecule has 4 aromatic rings. The molecule has 0 atom stereocenters. The molecule has 27 heavy (non-hydrogen) atoms. The molecule has 0 bridgehead atoms. The zero-order valence-electron chi connectivity index (χ0n) is 15.9. The molecule has 1 aromatic heterocycles. The minimum absolute atomic E-state index is 0.472. The van der Waals surface area contributed by atoms with Gasteiger partial charge in [-0.1, -0.05) is 49.7 Å². The number of benzene rings is 3. The van der Waals surface area contributed by atoms with Crippen LogP contribution in [0.15, 0.2) is 71.1 Å². The zero-order valence-corrected chi connectivity index (χ0v) is 15.9. The third-order valence-electron chi connectivity index (χ3n) is 4.71. The van der Waals surface area contributed by atoms with Crippen molar-refractivity contribution in [2.45, 2.75) is 33.3 Å². The van der Waals surface area contributed by atoms with Gasteiger partial charge >= 0.3 is 0 Å². The van der Waals surface area contributed by atoms with Crippen LogP contribution < -0.4 is 4.74 Å². The molecular formula is C24H23NO2. The molecule has 3 aromatic carbocycles. The van der Waals surface area contributed by atoms with E-state index < -0.39 is 0 Å². The molecule has 0 saturated heterocycles. The minimum Gasteiger partial charge on any atom is -0.489 e. The molecule has 136 valence electrons. The predicted molar refractivity (Wildman–Crippen MR) is 109 cm³/mol. The Morgan fingerprint density at radius 3 is 2.37 bits per heavy atom. The van der Waals surface area contributed by atoms with Crippen LogP contribution in [0.1, 0.15) is 36.5 Å². The van der Waals surface area contributed by atoms with Crippen molar-refractivity contribution in [2.24, 2.45) is 0 Å². The van der Waals surface area contributed by atoms with Crippen LogP contribution >= 0.6 is 0 Å². The zero-order chi connectivity index (χ0) is 18.8. The van der Waals surface area contributed by atoms with Crippen LogP contribution in [0.2, 0.25) is 0 Å².